The molecular weight excluding hydrogens is 430 g/mol. The Hall–Kier alpha value is -2.29. The van der Waals surface area contributed by atoms with Gasteiger partial charge >= 0.3 is 0 Å². The molecule has 0 spiro atoms. The molecule has 1 aromatic heterocycles. The predicted octanol–water partition coefficient (Wildman–Crippen LogP) is 4.10. The van der Waals surface area contributed by atoms with Gasteiger partial charge in [0.25, 0.3) is 5.91 Å². The second-order valence-electron chi connectivity index (χ2n) is 8.25. The minimum Gasteiger partial charge on any atom is -0.338 e. The van der Waals surface area contributed by atoms with Crippen LogP contribution in [0, 0.1) is 0 Å². The maximum absolute atomic E-state index is 13.1. The molecule has 2 fully saturated rings. The topological polar surface area (TPSA) is 70.6 Å². The molecule has 2 saturated heterocycles. The van der Waals surface area contributed by atoms with E-state index in [4.69, 9.17) is 4.98 Å². The van der Waals surface area contributed by atoms with Crippen LogP contribution in [0.15, 0.2) is 53.4 Å². The zero-order valence-corrected chi connectivity index (χ0v) is 18.9. The average molecular weight is 456 g/mol. The number of hydrogen-bond donors (Lipinski definition) is 0. The zero-order valence-electron chi connectivity index (χ0n) is 17.2. The van der Waals surface area contributed by atoms with E-state index in [1.54, 1.807) is 35.6 Å². The molecule has 1 atom stereocenters. The van der Waals surface area contributed by atoms with Crippen molar-refractivity contribution in [3.63, 3.8) is 0 Å². The third-order valence-corrected chi connectivity index (χ3v) is 9.28. The van der Waals surface area contributed by atoms with E-state index in [9.17, 15) is 13.2 Å². The summed E-state index contributed by atoms with van der Waals surface area (Å²) in [5.41, 5.74) is 1.55. The average Bonchev–Trinajstić information content (AvgIpc) is 3.49. The molecule has 31 heavy (non-hydrogen) atoms. The number of aromatic nitrogens is 1. The summed E-state index contributed by atoms with van der Waals surface area (Å²) in [7, 11) is -3.46. The monoisotopic (exact) mass is 455 g/mol. The normalized spacial score (nSPS) is 20.4. The van der Waals surface area contributed by atoms with E-state index < -0.39 is 10.0 Å². The maximum atomic E-state index is 13.1. The summed E-state index contributed by atoms with van der Waals surface area (Å²) in [6.07, 6.45) is 3.77. The van der Waals surface area contributed by atoms with Gasteiger partial charge in [0.2, 0.25) is 10.0 Å². The van der Waals surface area contributed by atoms with Crippen molar-refractivity contribution in [2.45, 2.75) is 36.5 Å². The summed E-state index contributed by atoms with van der Waals surface area (Å²) in [6, 6.07) is 14.6. The Morgan fingerprint density at radius 3 is 2.45 bits per heavy atom. The fourth-order valence-electron chi connectivity index (χ4n) is 4.46. The molecule has 0 saturated carbocycles. The molecule has 5 rings (SSSR count). The van der Waals surface area contributed by atoms with Gasteiger partial charge in [0.1, 0.15) is 0 Å². The molecule has 1 amide bonds. The number of carbonyl (C=O) groups excluding carboxylic acids is 1. The lowest BCUT2D eigenvalue weighted by molar-refractivity contribution is 0.0707. The van der Waals surface area contributed by atoms with Crippen molar-refractivity contribution in [1.82, 2.24) is 14.2 Å². The Morgan fingerprint density at radius 1 is 0.968 bits per heavy atom. The molecule has 1 unspecified atom stereocenters. The molecule has 6 nitrogen and oxygen atoms in total. The number of piperidine rings is 1. The van der Waals surface area contributed by atoms with Gasteiger partial charge in [-0.3, -0.25) is 4.79 Å². The van der Waals surface area contributed by atoms with Crippen LogP contribution in [0.3, 0.4) is 0 Å². The molecule has 2 aliphatic heterocycles. The first-order valence-corrected chi connectivity index (χ1v) is 13.0. The number of sulfonamides is 1. The first-order chi connectivity index (χ1) is 15.0. The van der Waals surface area contributed by atoms with Crippen LogP contribution in [0.4, 0.5) is 0 Å². The number of amides is 1. The highest BCUT2D eigenvalue weighted by Crippen LogP contribution is 2.33. The molecular formula is C23H25N3O3S2. The van der Waals surface area contributed by atoms with E-state index >= 15 is 0 Å². The lowest BCUT2D eigenvalue weighted by atomic mass is 9.98. The number of nitrogens with zero attached hydrogens (tertiary/aromatic N) is 3. The molecule has 0 bridgehead atoms. The van der Waals surface area contributed by atoms with E-state index in [1.165, 1.54) is 9.01 Å². The molecule has 162 valence electrons. The van der Waals surface area contributed by atoms with Crippen LogP contribution in [-0.2, 0) is 10.0 Å². The van der Waals surface area contributed by atoms with Crippen LogP contribution < -0.4 is 0 Å². The van der Waals surface area contributed by atoms with Gasteiger partial charge in [0.05, 0.1) is 20.1 Å². The lowest BCUT2D eigenvalue weighted by Gasteiger charge is -2.32. The number of fused-ring (bicyclic) bond motifs is 1. The summed E-state index contributed by atoms with van der Waals surface area (Å²) >= 11 is 1.71. The number of para-hydroxylation sites is 1. The Bertz CT molecular complexity index is 1170. The Kier molecular flexibility index (Phi) is 5.54. The van der Waals surface area contributed by atoms with Crippen LogP contribution >= 0.6 is 11.3 Å². The van der Waals surface area contributed by atoms with Gasteiger partial charge in [-0.2, -0.15) is 4.31 Å². The Balaban J connectivity index is 1.31. The Labute approximate surface area is 186 Å². The minimum atomic E-state index is -3.46. The number of likely N-dealkylation sites (tertiary alicyclic amines) is 1. The van der Waals surface area contributed by atoms with Crippen LogP contribution in [-0.4, -0.2) is 54.7 Å². The third-order valence-electron chi connectivity index (χ3n) is 6.17. The van der Waals surface area contributed by atoms with E-state index in [-0.39, 0.29) is 16.7 Å². The summed E-state index contributed by atoms with van der Waals surface area (Å²) in [5, 5.41) is 1.09. The third kappa shape index (κ3) is 4.00. The predicted molar refractivity (Wildman–Crippen MR) is 122 cm³/mol. The van der Waals surface area contributed by atoms with Crippen molar-refractivity contribution < 1.29 is 13.2 Å². The number of rotatable bonds is 4. The molecule has 3 heterocycles. The Morgan fingerprint density at radius 2 is 1.71 bits per heavy atom. The highest BCUT2D eigenvalue weighted by molar-refractivity contribution is 7.89. The molecule has 0 radical (unpaired) electrons. The van der Waals surface area contributed by atoms with Gasteiger partial charge in [-0.25, -0.2) is 13.4 Å². The van der Waals surface area contributed by atoms with Crippen molar-refractivity contribution in [1.29, 1.82) is 0 Å². The maximum Gasteiger partial charge on any atom is 0.253 e. The van der Waals surface area contributed by atoms with E-state index in [2.05, 4.69) is 6.07 Å². The highest BCUT2D eigenvalue weighted by atomic mass is 32.2. The first-order valence-electron chi connectivity index (χ1n) is 10.8. The van der Waals surface area contributed by atoms with Crippen molar-refractivity contribution in [2.75, 3.05) is 26.2 Å². The van der Waals surface area contributed by atoms with Crippen molar-refractivity contribution in [2.24, 2.45) is 0 Å². The van der Waals surface area contributed by atoms with Gasteiger partial charge in [0.15, 0.2) is 0 Å². The van der Waals surface area contributed by atoms with Crippen LogP contribution in [0.5, 0.6) is 0 Å². The second-order valence-corrected chi connectivity index (χ2v) is 11.2. The molecule has 3 aromatic rings. The van der Waals surface area contributed by atoms with Crippen LogP contribution in [0.25, 0.3) is 10.2 Å². The van der Waals surface area contributed by atoms with E-state index in [1.807, 2.05) is 23.1 Å². The first kappa shape index (κ1) is 20.6. The summed E-state index contributed by atoms with van der Waals surface area (Å²) in [5.74, 6) is 0.195. The summed E-state index contributed by atoms with van der Waals surface area (Å²) in [4.78, 5) is 20.0. The number of thiazole rings is 1. The summed E-state index contributed by atoms with van der Waals surface area (Å²) in [6.45, 7) is 2.51. The minimum absolute atomic E-state index is 0.0454. The van der Waals surface area contributed by atoms with E-state index in [0.29, 0.717) is 31.7 Å². The van der Waals surface area contributed by atoms with Gasteiger partial charge in [-0.1, -0.05) is 12.1 Å². The number of benzene rings is 2. The van der Waals surface area contributed by atoms with Crippen molar-refractivity contribution in [3.05, 3.63) is 59.1 Å². The van der Waals surface area contributed by atoms with Gasteiger partial charge in [-0.15, -0.1) is 11.3 Å². The van der Waals surface area contributed by atoms with Gasteiger partial charge in [-0.05, 0) is 62.1 Å². The fraction of sp³-hybridized carbons (Fsp3) is 0.391. The summed E-state index contributed by atoms with van der Waals surface area (Å²) < 4.78 is 28.1. The quantitative estimate of drug-likeness (QED) is 0.594. The van der Waals surface area contributed by atoms with Gasteiger partial charge < -0.3 is 4.90 Å². The van der Waals surface area contributed by atoms with Crippen molar-refractivity contribution >= 4 is 37.5 Å². The smallest absolute Gasteiger partial charge is 0.253 e. The fourth-order valence-corrected chi connectivity index (χ4v) is 7.07. The molecule has 2 aromatic carbocycles. The molecule has 2 aliphatic rings. The second kappa shape index (κ2) is 8.33. The van der Waals surface area contributed by atoms with Gasteiger partial charge in [0, 0.05) is 37.7 Å². The molecule has 8 heteroatoms. The largest absolute Gasteiger partial charge is 0.338 e. The van der Waals surface area contributed by atoms with Crippen molar-refractivity contribution in [3.8, 4) is 0 Å². The number of hydrogen-bond acceptors (Lipinski definition) is 5. The van der Waals surface area contributed by atoms with Crippen LogP contribution in [0.1, 0.15) is 47.0 Å². The standard InChI is InChI=1S/C23H25N3O3S2/c27-23(17-9-11-19(12-10-17)31(28,29)26-14-3-4-15-26)25-13-5-6-18(16-25)22-24-20-7-1-2-8-21(20)30-22/h1-2,7-12,18H,3-6,13-16H2. The highest BCUT2D eigenvalue weighted by Gasteiger charge is 2.29. The zero-order chi connectivity index (χ0) is 21.4. The van der Waals surface area contributed by atoms with Crippen LogP contribution in [0.2, 0.25) is 0 Å². The number of carbonyl (C=O) groups is 1. The lowest BCUT2D eigenvalue weighted by Crippen LogP contribution is -2.39. The molecule has 0 N–H and O–H groups in total. The van der Waals surface area contributed by atoms with E-state index in [0.717, 1.165) is 36.2 Å². The molecule has 0 aliphatic carbocycles. The SMILES string of the molecule is O=C(c1ccc(S(=O)(=O)N2CCCC2)cc1)N1CCCC(c2nc3ccccc3s2)C1.